The van der Waals surface area contributed by atoms with E-state index in [2.05, 4.69) is 5.32 Å². The molecule has 1 heterocycles. The molecule has 1 amide bonds. The van der Waals surface area contributed by atoms with Gasteiger partial charge in [0.2, 0.25) is 0 Å². The highest BCUT2D eigenvalue weighted by molar-refractivity contribution is 5.95. The minimum Gasteiger partial charge on any atom is -0.452 e. The number of amides is 1. The molecular weight excluding hydrogens is 356 g/mol. The molecule has 0 bridgehead atoms. The highest BCUT2D eigenvalue weighted by Gasteiger charge is 2.12. The van der Waals surface area contributed by atoms with E-state index in [-0.39, 0.29) is 11.1 Å². The maximum atomic E-state index is 12.2. The second-order valence-electron chi connectivity index (χ2n) is 6.31. The molecule has 0 saturated carbocycles. The van der Waals surface area contributed by atoms with Crippen LogP contribution in [0.3, 0.4) is 0 Å². The van der Waals surface area contributed by atoms with Crippen molar-refractivity contribution >= 4 is 17.6 Å². The van der Waals surface area contributed by atoms with Crippen LogP contribution in [0.2, 0.25) is 0 Å². The number of nitrogens with zero attached hydrogens (tertiary/aromatic N) is 1. The molecule has 0 aliphatic rings. The largest absolute Gasteiger partial charge is 0.452 e. The molecule has 1 N–H and O–H groups in total. The Morgan fingerprint density at radius 3 is 2.46 bits per heavy atom. The van der Waals surface area contributed by atoms with E-state index < -0.39 is 18.5 Å². The third kappa shape index (κ3) is 4.94. The molecule has 0 radical (unpaired) electrons. The Hall–Kier alpha value is -3.67. The summed E-state index contributed by atoms with van der Waals surface area (Å²) in [4.78, 5) is 35.8. The van der Waals surface area contributed by atoms with Crippen molar-refractivity contribution in [3.05, 3.63) is 100.0 Å². The summed E-state index contributed by atoms with van der Waals surface area (Å²) in [5.74, 6) is -1.16. The molecular formula is C22H20N2O4. The summed E-state index contributed by atoms with van der Waals surface area (Å²) in [7, 11) is 1.58. The molecule has 0 saturated heterocycles. The first-order valence-corrected chi connectivity index (χ1v) is 8.78. The van der Waals surface area contributed by atoms with Gasteiger partial charge >= 0.3 is 5.97 Å². The Bertz CT molecular complexity index is 1040. The maximum Gasteiger partial charge on any atom is 0.338 e. The zero-order valence-electron chi connectivity index (χ0n) is 15.4. The van der Waals surface area contributed by atoms with Crippen LogP contribution in [0.5, 0.6) is 0 Å². The molecule has 3 rings (SSSR count). The van der Waals surface area contributed by atoms with Gasteiger partial charge in [0.05, 0.1) is 5.56 Å². The van der Waals surface area contributed by atoms with Crippen LogP contribution in [0, 0.1) is 0 Å². The number of benzene rings is 2. The van der Waals surface area contributed by atoms with E-state index >= 15 is 0 Å². The molecule has 0 atom stereocenters. The fourth-order valence-electron chi connectivity index (χ4n) is 2.69. The van der Waals surface area contributed by atoms with Crippen LogP contribution in [0.4, 0.5) is 5.69 Å². The van der Waals surface area contributed by atoms with E-state index in [1.807, 2.05) is 48.5 Å². The van der Waals surface area contributed by atoms with Crippen molar-refractivity contribution in [2.45, 2.75) is 6.42 Å². The van der Waals surface area contributed by atoms with Gasteiger partial charge in [-0.2, -0.15) is 0 Å². The Kier molecular flexibility index (Phi) is 6.01. The number of ether oxygens (including phenoxy) is 1. The zero-order valence-corrected chi connectivity index (χ0v) is 15.4. The standard InChI is InChI=1S/C22H20N2O4/c1-24-12-11-18(14-21(24)26)22(27)28-15-20(25)23-19-10-6-5-9-17(19)13-16-7-3-2-4-8-16/h2-12,14H,13,15H2,1H3,(H,23,25). The summed E-state index contributed by atoms with van der Waals surface area (Å²) in [6.45, 7) is -0.437. The molecule has 0 aliphatic carbocycles. The fraction of sp³-hybridized carbons (Fsp3) is 0.136. The topological polar surface area (TPSA) is 77.4 Å². The summed E-state index contributed by atoms with van der Waals surface area (Å²) in [6.07, 6.45) is 2.14. The lowest BCUT2D eigenvalue weighted by molar-refractivity contribution is -0.119. The number of aryl methyl sites for hydroxylation is 1. The van der Waals surface area contributed by atoms with Crippen LogP contribution in [-0.2, 0) is 23.0 Å². The summed E-state index contributed by atoms with van der Waals surface area (Å²) >= 11 is 0. The molecule has 0 unspecified atom stereocenters. The van der Waals surface area contributed by atoms with E-state index in [9.17, 15) is 14.4 Å². The molecule has 0 fully saturated rings. The normalized spacial score (nSPS) is 10.3. The summed E-state index contributed by atoms with van der Waals surface area (Å²) in [6, 6.07) is 20.0. The van der Waals surface area contributed by atoms with Gasteiger partial charge in [-0.15, -0.1) is 0 Å². The molecule has 142 valence electrons. The van der Waals surface area contributed by atoms with Crippen LogP contribution in [-0.4, -0.2) is 23.1 Å². The predicted octanol–water partition coefficient (Wildman–Crippen LogP) is 2.77. The number of carbonyl (C=O) groups excluding carboxylic acids is 2. The van der Waals surface area contributed by atoms with E-state index in [1.54, 1.807) is 13.1 Å². The maximum absolute atomic E-state index is 12.2. The number of esters is 1. The van der Waals surface area contributed by atoms with Crippen LogP contribution < -0.4 is 10.9 Å². The van der Waals surface area contributed by atoms with Gasteiger partial charge in [-0.3, -0.25) is 9.59 Å². The van der Waals surface area contributed by atoms with Crippen LogP contribution in [0.25, 0.3) is 0 Å². The van der Waals surface area contributed by atoms with Gasteiger partial charge in [-0.05, 0) is 29.7 Å². The second kappa shape index (κ2) is 8.81. The Morgan fingerprint density at radius 2 is 1.71 bits per heavy atom. The van der Waals surface area contributed by atoms with Crippen molar-refractivity contribution in [3.8, 4) is 0 Å². The van der Waals surface area contributed by atoms with Gasteiger partial charge in [-0.25, -0.2) is 4.79 Å². The molecule has 2 aromatic carbocycles. The summed E-state index contributed by atoms with van der Waals surface area (Å²) in [5.41, 5.74) is 2.54. The van der Waals surface area contributed by atoms with Gasteiger partial charge in [-0.1, -0.05) is 48.5 Å². The van der Waals surface area contributed by atoms with Crippen LogP contribution in [0.15, 0.2) is 77.7 Å². The lowest BCUT2D eigenvalue weighted by atomic mass is 10.0. The average molecular weight is 376 g/mol. The first-order valence-electron chi connectivity index (χ1n) is 8.78. The molecule has 6 heteroatoms. The van der Waals surface area contributed by atoms with E-state index in [1.165, 1.54) is 22.9 Å². The number of nitrogens with one attached hydrogen (secondary N) is 1. The highest BCUT2D eigenvalue weighted by Crippen LogP contribution is 2.19. The number of rotatable bonds is 6. The monoisotopic (exact) mass is 376 g/mol. The van der Waals surface area contributed by atoms with Gasteiger partial charge in [0, 0.05) is 25.0 Å². The van der Waals surface area contributed by atoms with Gasteiger partial charge in [0.25, 0.3) is 11.5 Å². The number of pyridine rings is 1. The molecule has 0 spiro atoms. The molecule has 0 aliphatic heterocycles. The Labute approximate surface area is 162 Å². The third-order valence-corrected chi connectivity index (χ3v) is 4.20. The Morgan fingerprint density at radius 1 is 1.00 bits per heavy atom. The number of anilines is 1. The molecule has 3 aromatic rings. The highest BCUT2D eigenvalue weighted by atomic mass is 16.5. The minimum atomic E-state index is -0.717. The number of carbonyl (C=O) groups is 2. The quantitative estimate of drug-likeness (QED) is 0.671. The van der Waals surface area contributed by atoms with Crippen molar-refractivity contribution in [3.63, 3.8) is 0 Å². The summed E-state index contributed by atoms with van der Waals surface area (Å²) in [5, 5.41) is 2.78. The Balaban J connectivity index is 1.61. The number of aromatic nitrogens is 1. The number of hydrogen-bond donors (Lipinski definition) is 1. The molecule has 6 nitrogen and oxygen atoms in total. The second-order valence-corrected chi connectivity index (χ2v) is 6.31. The van der Waals surface area contributed by atoms with Crippen LogP contribution in [0.1, 0.15) is 21.5 Å². The van der Waals surface area contributed by atoms with E-state index in [0.29, 0.717) is 12.1 Å². The lowest BCUT2D eigenvalue weighted by Gasteiger charge is -2.11. The first-order chi connectivity index (χ1) is 13.5. The fourth-order valence-corrected chi connectivity index (χ4v) is 2.69. The van der Waals surface area contributed by atoms with Crippen molar-refractivity contribution < 1.29 is 14.3 Å². The van der Waals surface area contributed by atoms with Gasteiger partial charge in [0.1, 0.15) is 0 Å². The SMILES string of the molecule is Cn1ccc(C(=O)OCC(=O)Nc2ccccc2Cc2ccccc2)cc1=O. The van der Waals surface area contributed by atoms with Gasteiger partial charge in [0.15, 0.2) is 6.61 Å². The smallest absolute Gasteiger partial charge is 0.338 e. The molecule has 28 heavy (non-hydrogen) atoms. The zero-order chi connectivity index (χ0) is 19.9. The number of para-hydroxylation sites is 1. The van der Waals surface area contributed by atoms with Gasteiger partial charge < -0.3 is 14.6 Å². The third-order valence-electron chi connectivity index (χ3n) is 4.20. The average Bonchev–Trinajstić information content (AvgIpc) is 2.70. The first kappa shape index (κ1) is 19.1. The van der Waals surface area contributed by atoms with Crippen molar-refractivity contribution in [1.29, 1.82) is 0 Å². The van der Waals surface area contributed by atoms with Crippen molar-refractivity contribution in [2.24, 2.45) is 7.05 Å². The van der Waals surface area contributed by atoms with Crippen LogP contribution >= 0.6 is 0 Å². The van der Waals surface area contributed by atoms with E-state index in [0.717, 1.165) is 11.1 Å². The van der Waals surface area contributed by atoms with Crippen molar-refractivity contribution in [1.82, 2.24) is 4.57 Å². The molecule has 1 aromatic heterocycles. The number of hydrogen-bond acceptors (Lipinski definition) is 4. The summed E-state index contributed by atoms with van der Waals surface area (Å²) < 4.78 is 6.36. The van der Waals surface area contributed by atoms with E-state index in [4.69, 9.17) is 4.74 Å². The lowest BCUT2D eigenvalue weighted by Crippen LogP contribution is -2.23. The predicted molar refractivity (Wildman–Crippen MR) is 106 cm³/mol. The minimum absolute atomic E-state index is 0.111. The van der Waals surface area contributed by atoms with Crippen molar-refractivity contribution in [2.75, 3.05) is 11.9 Å².